The van der Waals surface area contributed by atoms with Gasteiger partial charge < -0.3 is 15.7 Å². The predicted molar refractivity (Wildman–Crippen MR) is 107 cm³/mol. The second-order valence-corrected chi connectivity index (χ2v) is 9.12. The van der Waals surface area contributed by atoms with E-state index in [1.54, 1.807) is 11.3 Å². The molecule has 2 aliphatic heterocycles. The molecule has 0 radical (unpaired) electrons. The van der Waals surface area contributed by atoms with Gasteiger partial charge in [0.25, 0.3) is 0 Å². The van der Waals surface area contributed by atoms with Crippen molar-refractivity contribution in [2.24, 2.45) is 5.73 Å². The fourth-order valence-electron chi connectivity index (χ4n) is 4.03. The number of hydrogen-bond acceptors (Lipinski definition) is 7. The molecule has 4 heterocycles. The number of aryl methyl sites for hydroxylation is 2. The normalized spacial score (nSPS) is 21.0. The molecular weight excluding hydrogens is 346 g/mol. The van der Waals surface area contributed by atoms with Gasteiger partial charge in [0, 0.05) is 23.5 Å². The number of nitrogens with two attached hydrogens (primary N) is 1. The van der Waals surface area contributed by atoms with Crippen LogP contribution in [0, 0.1) is 13.8 Å². The number of aliphatic hydroxyl groups excluding tert-OH is 1. The number of nitrogens with zero attached hydrogens (tertiary/aromatic N) is 4. The molecule has 0 atom stereocenters. The first-order valence-corrected chi connectivity index (χ1v) is 10.4. The van der Waals surface area contributed by atoms with Gasteiger partial charge in [-0.05, 0) is 58.2 Å². The Balaban J connectivity index is 1.69. The molecule has 2 aliphatic rings. The largest absolute Gasteiger partial charge is 0.394 e. The molecule has 2 aromatic rings. The Hall–Kier alpha value is -1.28. The lowest BCUT2D eigenvalue weighted by atomic mass is 9.89. The van der Waals surface area contributed by atoms with Gasteiger partial charge in [-0.1, -0.05) is 0 Å². The van der Waals surface area contributed by atoms with Crippen molar-refractivity contribution < 1.29 is 5.11 Å². The molecule has 3 N–H and O–H groups in total. The highest BCUT2D eigenvalue weighted by Crippen LogP contribution is 2.36. The molecule has 0 spiro atoms. The van der Waals surface area contributed by atoms with Crippen molar-refractivity contribution in [1.29, 1.82) is 0 Å². The van der Waals surface area contributed by atoms with Crippen molar-refractivity contribution in [2.45, 2.75) is 51.6 Å². The molecule has 2 saturated heterocycles. The quantitative estimate of drug-likeness (QED) is 0.853. The van der Waals surface area contributed by atoms with E-state index in [4.69, 9.17) is 15.7 Å². The third-order valence-electron chi connectivity index (χ3n) is 5.99. The van der Waals surface area contributed by atoms with E-state index in [2.05, 4.69) is 23.6 Å². The lowest BCUT2D eigenvalue weighted by Gasteiger charge is -2.38. The molecule has 2 aromatic heterocycles. The summed E-state index contributed by atoms with van der Waals surface area (Å²) in [6, 6.07) is 0. The molecule has 142 valence electrons. The number of anilines is 1. The number of hydrogen-bond donors (Lipinski definition) is 2. The van der Waals surface area contributed by atoms with Gasteiger partial charge in [0.1, 0.15) is 16.5 Å². The maximum absolute atomic E-state index is 9.56. The van der Waals surface area contributed by atoms with Gasteiger partial charge in [0.15, 0.2) is 0 Å². The number of likely N-dealkylation sites (tertiary alicyclic amines) is 1. The van der Waals surface area contributed by atoms with Crippen LogP contribution in [0.3, 0.4) is 0 Å². The summed E-state index contributed by atoms with van der Waals surface area (Å²) in [5.74, 6) is 1.99. The molecule has 0 bridgehead atoms. The van der Waals surface area contributed by atoms with Crippen LogP contribution in [0.4, 0.5) is 5.82 Å². The Morgan fingerprint density at radius 2 is 1.81 bits per heavy atom. The molecule has 0 unspecified atom stereocenters. The highest BCUT2D eigenvalue weighted by molar-refractivity contribution is 7.18. The first-order valence-electron chi connectivity index (χ1n) is 9.63. The summed E-state index contributed by atoms with van der Waals surface area (Å²) in [6.07, 6.45) is 4.13. The van der Waals surface area contributed by atoms with E-state index < -0.39 is 5.54 Å². The summed E-state index contributed by atoms with van der Waals surface area (Å²) in [7, 11) is 0. The molecule has 7 heteroatoms. The Morgan fingerprint density at radius 1 is 1.12 bits per heavy atom. The number of thiophene rings is 1. The van der Waals surface area contributed by atoms with E-state index in [1.807, 2.05) is 0 Å². The summed E-state index contributed by atoms with van der Waals surface area (Å²) >= 11 is 1.77. The topological polar surface area (TPSA) is 78.5 Å². The van der Waals surface area contributed by atoms with Crippen LogP contribution < -0.4 is 10.6 Å². The van der Waals surface area contributed by atoms with Crippen molar-refractivity contribution in [1.82, 2.24) is 14.9 Å². The Morgan fingerprint density at radius 3 is 2.46 bits per heavy atom. The second kappa shape index (κ2) is 7.03. The summed E-state index contributed by atoms with van der Waals surface area (Å²) in [5.41, 5.74) is 7.12. The zero-order chi connectivity index (χ0) is 18.3. The van der Waals surface area contributed by atoms with E-state index in [9.17, 15) is 5.11 Å². The highest BCUT2D eigenvalue weighted by Gasteiger charge is 2.32. The standard InChI is InChI=1S/C19H29N5OS/c1-13-14(2)26-18-16(13)17(24-9-5-19(20,12-25)6-10-24)21-15(22-18)11-23-7-3-4-8-23/h25H,3-12,20H2,1-2H3. The van der Waals surface area contributed by atoms with Gasteiger partial charge in [-0.15, -0.1) is 11.3 Å². The smallest absolute Gasteiger partial charge is 0.146 e. The third kappa shape index (κ3) is 3.33. The number of piperidine rings is 1. The van der Waals surface area contributed by atoms with Gasteiger partial charge in [0.05, 0.1) is 18.5 Å². The van der Waals surface area contributed by atoms with E-state index in [0.29, 0.717) is 0 Å². The van der Waals surface area contributed by atoms with E-state index in [0.717, 1.165) is 62.0 Å². The van der Waals surface area contributed by atoms with Gasteiger partial charge in [0.2, 0.25) is 0 Å². The maximum Gasteiger partial charge on any atom is 0.146 e. The molecule has 2 fully saturated rings. The van der Waals surface area contributed by atoms with Crippen molar-refractivity contribution in [3.8, 4) is 0 Å². The summed E-state index contributed by atoms with van der Waals surface area (Å²) < 4.78 is 0. The summed E-state index contributed by atoms with van der Waals surface area (Å²) in [5, 5.41) is 10.8. The van der Waals surface area contributed by atoms with Crippen LogP contribution in [0.1, 0.15) is 41.9 Å². The molecule has 4 rings (SSSR count). The lowest BCUT2D eigenvalue weighted by molar-refractivity contribution is 0.170. The fraction of sp³-hybridized carbons (Fsp3) is 0.684. The monoisotopic (exact) mass is 375 g/mol. The lowest BCUT2D eigenvalue weighted by Crippen LogP contribution is -2.53. The Bertz CT molecular complexity index is 791. The summed E-state index contributed by atoms with van der Waals surface area (Å²) in [6.45, 7) is 9.19. The van der Waals surface area contributed by atoms with Crippen LogP contribution in [0.25, 0.3) is 10.2 Å². The minimum atomic E-state index is -0.444. The van der Waals surface area contributed by atoms with Gasteiger partial charge in [-0.2, -0.15) is 0 Å². The van der Waals surface area contributed by atoms with Crippen LogP contribution >= 0.6 is 11.3 Å². The van der Waals surface area contributed by atoms with Crippen LogP contribution in [0.2, 0.25) is 0 Å². The van der Waals surface area contributed by atoms with E-state index in [1.165, 1.54) is 28.7 Å². The molecule has 0 saturated carbocycles. The minimum Gasteiger partial charge on any atom is -0.394 e. The van der Waals surface area contributed by atoms with Crippen LogP contribution in [0.5, 0.6) is 0 Å². The van der Waals surface area contributed by atoms with Crippen molar-refractivity contribution in [2.75, 3.05) is 37.7 Å². The van der Waals surface area contributed by atoms with Crippen LogP contribution in [0.15, 0.2) is 0 Å². The molecule has 6 nitrogen and oxygen atoms in total. The zero-order valence-corrected chi connectivity index (χ0v) is 16.6. The number of aromatic nitrogens is 2. The van der Waals surface area contributed by atoms with Gasteiger partial charge in [-0.25, -0.2) is 9.97 Å². The van der Waals surface area contributed by atoms with Gasteiger partial charge >= 0.3 is 0 Å². The van der Waals surface area contributed by atoms with Crippen LogP contribution in [-0.4, -0.2) is 58.3 Å². The number of rotatable bonds is 4. The molecular formula is C19H29N5OS. The van der Waals surface area contributed by atoms with Crippen molar-refractivity contribution in [3.63, 3.8) is 0 Å². The fourth-order valence-corrected chi connectivity index (χ4v) is 5.08. The minimum absolute atomic E-state index is 0.0524. The molecule has 26 heavy (non-hydrogen) atoms. The zero-order valence-electron chi connectivity index (χ0n) is 15.8. The first kappa shape index (κ1) is 18.1. The first-order chi connectivity index (χ1) is 12.5. The van der Waals surface area contributed by atoms with Crippen LogP contribution in [-0.2, 0) is 6.54 Å². The predicted octanol–water partition coefficient (Wildman–Crippen LogP) is 2.19. The third-order valence-corrected chi connectivity index (χ3v) is 7.09. The SMILES string of the molecule is Cc1sc2nc(CN3CCCC3)nc(N3CCC(N)(CO)CC3)c2c1C. The Kier molecular flexibility index (Phi) is 4.90. The Labute approximate surface area is 159 Å². The van der Waals surface area contributed by atoms with E-state index >= 15 is 0 Å². The average molecular weight is 376 g/mol. The van der Waals surface area contributed by atoms with Gasteiger partial charge in [-0.3, -0.25) is 4.90 Å². The molecule has 0 aromatic carbocycles. The van der Waals surface area contributed by atoms with E-state index in [-0.39, 0.29) is 6.61 Å². The molecule has 0 amide bonds. The van der Waals surface area contributed by atoms with Crippen molar-refractivity contribution >= 4 is 27.4 Å². The maximum atomic E-state index is 9.56. The number of aliphatic hydroxyl groups is 1. The number of fused-ring (bicyclic) bond motifs is 1. The average Bonchev–Trinajstić information content (AvgIpc) is 3.24. The highest BCUT2D eigenvalue weighted by atomic mass is 32.1. The second-order valence-electron chi connectivity index (χ2n) is 7.92. The molecule has 0 aliphatic carbocycles. The summed E-state index contributed by atoms with van der Waals surface area (Å²) in [4.78, 5) is 17.1. The van der Waals surface area contributed by atoms with Crippen molar-refractivity contribution in [3.05, 3.63) is 16.3 Å².